The van der Waals surface area contributed by atoms with Gasteiger partial charge in [0.1, 0.15) is 0 Å². The summed E-state index contributed by atoms with van der Waals surface area (Å²) < 4.78 is 17.6. The van der Waals surface area contributed by atoms with Gasteiger partial charge in [-0.2, -0.15) is 0 Å². The summed E-state index contributed by atoms with van der Waals surface area (Å²) in [5, 5.41) is 0.800. The highest BCUT2D eigenvalue weighted by Gasteiger charge is 2.35. The Kier molecular flexibility index (Phi) is 17.8. The van der Waals surface area contributed by atoms with Crippen molar-refractivity contribution in [1.82, 2.24) is 9.80 Å². The van der Waals surface area contributed by atoms with Gasteiger partial charge in [0.2, 0.25) is 0 Å². The van der Waals surface area contributed by atoms with Crippen LogP contribution in [0.3, 0.4) is 0 Å². The van der Waals surface area contributed by atoms with E-state index in [9.17, 15) is 0 Å². The molecule has 0 bridgehead atoms. The maximum atomic E-state index is 6.42. The summed E-state index contributed by atoms with van der Waals surface area (Å²) in [7, 11) is 0. The van der Waals surface area contributed by atoms with Gasteiger partial charge in [-0.1, -0.05) is 139 Å². The third-order valence-electron chi connectivity index (χ3n) is 12.1. The lowest BCUT2D eigenvalue weighted by Crippen LogP contribution is -2.47. The van der Waals surface area contributed by atoms with Gasteiger partial charge in [-0.3, -0.25) is 0 Å². The topological polar surface area (TPSA) is 37.4 Å². The number of halogens is 1. The maximum Gasteiger partial charge on any atom is 0.0701 e. The zero-order valence-corrected chi connectivity index (χ0v) is 37.0. The van der Waals surface area contributed by atoms with Crippen molar-refractivity contribution in [2.75, 3.05) is 90.4 Å². The molecule has 2 aliphatic rings. The molecule has 0 N–H and O–H groups in total. The molecule has 0 radical (unpaired) electrons. The van der Waals surface area contributed by atoms with Crippen molar-refractivity contribution < 1.29 is 14.2 Å². The minimum Gasteiger partial charge on any atom is -0.379 e. The molecule has 1 fully saturated rings. The standard InChI is InChI=1S/C52H64ClN3O3S/c53-47-27-28-51-49(43-47)56(48-25-12-13-26-50(48)60-51)32-18-31-55-35-33-54(34-36-55)30-15-1-2-16-37-57-39-41-59-42-40-58-38-17-14-29-52(44-19-6-3-7-20-44,45-21-8-4-9-22-45)46-23-10-5-11-24-46/h3-13,19-28,43H,1-2,14-18,29-42H2. The Bertz CT molecular complexity index is 1870. The van der Waals surface area contributed by atoms with Crippen molar-refractivity contribution >= 4 is 34.7 Å². The van der Waals surface area contributed by atoms with E-state index in [0.29, 0.717) is 26.4 Å². The van der Waals surface area contributed by atoms with Crippen molar-refractivity contribution in [1.29, 1.82) is 0 Å². The molecule has 0 saturated carbocycles. The minimum absolute atomic E-state index is 0.197. The van der Waals surface area contributed by atoms with E-state index in [1.54, 1.807) is 0 Å². The quantitative estimate of drug-likeness (QED) is 0.0428. The van der Waals surface area contributed by atoms with E-state index in [2.05, 4.69) is 142 Å². The molecule has 8 heteroatoms. The summed E-state index contributed by atoms with van der Waals surface area (Å²) in [6.45, 7) is 12.1. The monoisotopic (exact) mass is 845 g/mol. The number of hydrogen-bond acceptors (Lipinski definition) is 7. The lowest BCUT2D eigenvalue weighted by atomic mass is 9.66. The van der Waals surface area contributed by atoms with Gasteiger partial charge >= 0.3 is 0 Å². The molecule has 2 heterocycles. The first-order valence-corrected chi connectivity index (χ1v) is 23.6. The van der Waals surface area contributed by atoms with Gasteiger partial charge in [-0.15, -0.1) is 0 Å². The van der Waals surface area contributed by atoms with E-state index in [1.165, 1.54) is 76.8 Å². The number of hydrogen-bond donors (Lipinski definition) is 0. The van der Waals surface area contributed by atoms with Crippen molar-refractivity contribution in [2.45, 2.75) is 66.6 Å². The van der Waals surface area contributed by atoms with E-state index in [0.717, 1.165) is 76.5 Å². The van der Waals surface area contributed by atoms with Crippen LogP contribution in [0.1, 0.15) is 68.1 Å². The number of para-hydroxylation sites is 1. The summed E-state index contributed by atoms with van der Waals surface area (Å²) >= 11 is 8.27. The van der Waals surface area contributed by atoms with Crippen LogP contribution in [0.5, 0.6) is 0 Å². The Morgan fingerprint density at radius 1 is 0.450 bits per heavy atom. The Morgan fingerprint density at radius 2 is 0.933 bits per heavy atom. The molecule has 7 rings (SSSR count). The first-order chi connectivity index (χ1) is 29.7. The molecule has 0 spiro atoms. The van der Waals surface area contributed by atoms with Crippen molar-refractivity contribution in [3.05, 3.63) is 155 Å². The molecule has 2 aliphatic heterocycles. The smallest absolute Gasteiger partial charge is 0.0701 e. The van der Waals surface area contributed by atoms with Crippen molar-refractivity contribution in [3.63, 3.8) is 0 Å². The van der Waals surface area contributed by atoms with E-state index in [-0.39, 0.29) is 5.41 Å². The molecule has 0 aromatic heterocycles. The number of unbranched alkanes of at least 4 members (excludes halogenated alkanes) is 4. The molecule has 318 valence electrons. The van der Waals surface area contributed by atoms with Crippen LogP contribution in [0.2, 0.25) is 5.02 Å². The molecule has 5 aromatic carbocycles. The van der Waals surface area contributed by atoms with E-state index in [4.69, 9.17) is 25.8 Å². The average molecular weight is 847 g/mol. The zero-order valence-electron chi connectivity index (χ0n) is 35.4. The summed E-state index contributed by atoms with van der Waals surface area (Å²) in [5.41, 5.74) is 6.34. The predicted molar refractivity (Wildman–Crippen MR) is 251 cm³/mol. The summed E-state index contributed by atoms with van der Waals surface area (Å²) in [5.74, 6) is 0. The lowest BCUT2D eigenvalue weighted by molar-refractivity contribution is 0.0131. The van der Waals surface area contributed by atoms with Crippen LogP contribution >= 0.6 is 23.4 Å². The van der Waals surface area contributed by atoms with Crippen LogP contribution in [0, 0.1) is 0 Å². The van der Waals surface area contributed by atoms with E-state index >= 15 is 0 Å². The fourth-order valence-corrected chi connectivity index (χ4v) is 10.1. The number of nitrogens with zero attached hydrogens (tertiary/aromatic N) is 3. The lowest BCUT2D eigenvalue weighted by Gasteiger charge is -2.36. The van der Waals surface area contributed by atoms with Crippen molar-refractivity contribution in [3.8, 4) is 0 Å². The van der Waals surface area contributed by atoms with Gasteiger partial charge in [0.25, 0.3) is 0 Å². The molecular formula is C52H64ClN3O3S. The molecule has 0 amide bonds. The third-order valence-corrected chi connectivity index (χ3v) is 13.4. The zero-order chi connectivity index (χ0) is 41.1. The molecule has 1 saturated heterocycles. The molecule has 5 aromatic rings. The Hall–Kier alpha value is -3.66. The molecule has 6 nitrogen and oxygen atoms in total. The van der Waals surface area contributed by atoms with Crippen LogP contribution < -0.4 is 4.90 Å². The third kappa shape index (κ3) is 12.5. The van der Waals surface area contributed by atoms with E-state index < -0.39 is 0 Å². The van der Waals surface area contributed by atoms with Gasteiger partial charge in [0.15, 0.2) is 0 Å². The number of anilines is 2. The first kappa shape index (κ1) is 44.4. The van der Waals surface area contributed by atoms with Crippen LogP contribution in [0.15, 0.2) is 143 Å². The normalized spacial score (nSPS) is 14.6. The Morgan fingerprint density at radius 3 is 1.53 bits per heavy atom. The van der Waals surface area contributed by atoms with Gasteiger partial charge in [0.05, 0.1) is 37.8 Å². The Balaban J connectivity index is 0.678. The highest BCUT2D eigenvalue weighted by molar-refractivity contribution is 7.99. The highest BCUT2D eigenvalue weighted by atomic mass is 35.5. The summed E-state index contributed by atoms with van der Waals surface area (Å²) in [4.78, 5) is 10.4. The minimum atomic E-state index is -0.197. The maximum absolute atomic E-state index is 6.42. The predicted octanol–water partition coefficient (Wildman–Crippen LogP) is 11.8. The number of rotatable bonds is 25. The first-order valence-electron chi connectivity index (χ1n) is 22.4. The van der Waals surface area contributed by atoms with Crippen LogP contribution in [0.25, 0.3) is 0 Å². The Labute approximate surface area is 369 Å². The fraction of sp³-hybridized carbons (Fsp3) is 0.423. The van der Waals surface area contributed by atoms with Gasteiger partial charge in [-0.05, 0) is 98.6 Å². The van der Waals surface area contributed by atoms with E-state index in [1.807, 2.05) is 17.8 Å². The molecule has 0 atom stereocenters. The number of ether oxygens (including phenoxy) is 3. The second-order valence-corrected chi connectivity index (χ2v) is 17.6. The molecule has 0 aliphatic carbocycles. The second-order valence-electron chi connectivity index (χ2n) is 16.1. The molecule has 0 unspecified atom stereocenters. The highest BCUT2D eigenvalue weighted by Crippen LogP contribution is 2.49. The molecular weight excluding hydrogens is 782 g/mol. The number of piperazine rings is 1. The van der Waals surface area contributed by atoms with Crippen LogP contribution in [-0.4, -0.2) is 95.3 Å². The summed E-state index contributed by atoms with van der Waals surface area (Å²) in [6, 6.07) is 47.9. The average Bonchev–Trinajstić information content (AvgIpc) is 3.30. The molecule has 60 heavy (non-hydrogen) atoms. The van der Waals surface area contributed by atoms with Crippen LogP contribution in [-0.2, 0) is 19.6 Å². The second kappa shape index (κ2) is 24.1. The fourth-order valence-electron chi connectivity index (χ4n) is 8.86. The van der Waals surface area contributed by atoms with Gasteiger partial charge in [0, 0.05) is 66.2 Å². The largest absolute Gasteiger partial charge is 0.379 e. The van der Waals surface area contributed by atoms with Crippen molar-refractivity contribution in [2.24, 2.45) is 0 Å². The SMILES string of the molecule is Clc1ccc2c(c1)N(CCCN1CCN(CCCCCCOCCOCCOCCCCC(c3ccccc3)(c3ccccc3)c3ccccc3)CC1)c1ccccc1S2. The number of fused-ring (bicyclic) bond motifs is 2. The van der Waals surface area contributed by atoms with Crippen LogP contribution in [0.4, 0.5) is 11.4 Å². The van der Waals surface area contributed by atoms with Gasteiger partial charge in [-0.25, -0.2) is 0 Å². The number of benzene rings is 5. The summed E-state index contributed by atoms with van der Waals surface area (Å²) in [6.07, 6.45) is 9.11. The van der Waals surface area contributed by atoms with Gasteiger partial charge < -0.3 is 28.9 Å².